The number of hydrogen-bond acceptors (Lipinski definition) is 4. The van der Waals surface area contributed by atoms with E-state index in [2.05, 4.69) is 15.6 Å². The number of nitrogens with zero attached hydrogens (tertiary/aromatic N) is 1. The number of halogens is 5. The highest BCUT2D eigenvalue weighted by molar-refractivity contribution is 7.13. The van der Waals surface area contributed by atoms with E-state index in [-0.39, 0.29) is 12.0 Å². The third-order valence-corrected chi connectivity index (χ3v) is 5.38. The molecule has 0 spiro atoms. The minimum Gasteiger partial charge on any atom is -0.357 e. The summed E-state index contributed by atoms with van der Waals surface area (Å²) in [5.41, 5.74) is 0.0678. The van der Waals surface area contributed by atoms with Crippen LogP contribution in [0, 0.1) is 11.6 Å². The Morgan fingerprint density at radius 3 is 2.34 bits per heavy atom. The van der Waals surface area contributed by atoms with Gasteiger partial charge < -0.3 is 10.6 Å². The van der Waals surface area contributed by atoms with E-state index in [4.69, 9.17) is 0 Å². The minimum atomic E-state index is -4.45. The lowest BCUT2D eigenvalue weighted by Gasteiger charge is -2.17. The van der Waals surface area contributed by atoms with E-state index in [1.54, 1.807) is 5.38 Å². The molecule has 0 radical (unpaired) electrons. The highest BCUT2D eigenvalue weighted by Crippen LogP contribution is 2.31. The molecule has 3 rings (SSSR count). The largest absolute Gasteiger partial charge is 0.416 e. The molecular formula is C21H16F5N3O2S. The molecule has 0 aliphatic rings. The van der Waals surface area contributed by atoms with E-state index in [9.17, 15) is 31.5 Å². The Labute approximate surface area is 183 Å². The Kier molecular flexibility index (Phi) is 6.87. The van der Waals surface area contributed by atoms with Crippen molar-refractivity contribution in [1.29, 1.82) is 0 Å². The van der Waals surface area contributed by atoms with Crippen LogP contribution >= 0.6 is 11.3 Å². The number of rotatable bonds is 6. The topological polar surface area (TPSA) is 71.1 Å². The Balaban J connectivity index is 1.71. The number of aromatic nitrogens is 1. The maximum absolute atomic E-state index is 13.6. The van der Waals surface area contributed by atoms with Crippen molar-refractivity contribution in [2.75, 3.05) is 7.05 Å². The monoisotopic (exact) mass is 469 g/mol. The zero-order valence-corrected chi connectivity index (χ0v) is 17.3. The second-order valence-electron chi connectivity index (χ2n) is 6.68. The van der Waals surface area contributed by atoms with Crippen molar-refractivity contribution >= 4 is 23.2 Å². The molecule has 5 nitrogen and oxygen atoms in total. The molecule has 0 saturated carbocycles. The van der Waals surface area contributed by atoms with Crippen LogP contribution in [0.2, 0.25) is 0 Å². The zero-order valence-electron chi connectivity index (χ0n) is 16.5. The SMILES string of the molecule is CNC(=O)C(NC(=O)Cc1csc(-c2ccc(C(F)(F)F)cc2)n1)c1ccc(F)c(F)c1. The molecule has 0 aliphatic carbocycles. The Morgan fingerprint density at radius 1 is 1.06 bits per heavy atom. The molecular weight excluding hydrogens is 453 g/mol. The van der Waals surface area contributed by atoms with Crippen molar-refractivity contribution in [3.05, 3.63) is 76.3 Å². The van der Waals surface area contributed by atoms with E-state index in [0.717, 1.165) is 35.6 Å². The highest BCUT2D eigenvalue weighted by Gasteiger charge is 2.30. The van der Waals surface area contributed by atoms with Gasteiger partial charge in [0.15, 0.2) is 11.6 Å². The fourth-order valence-corrected chi connectivity index (χ4v) is 3.66. The normalized spacial score (nSPS) is 12.3. The first-order valence-corrected chi connectivity index (χ1v) is 10.0. The van der Waals surface area contributed by atoms with Crippen LogP contribution in [0.3, 0.4) is 0 Å². The summed E-state index contributed by atoms with van der Waals surface area (Å²) in [6, 6.07) is 6.06. The number of carbonyl (C=O) groups excluding carboxylic acids is 2. The summed E-state index contributed by atoms with van der Waals surface area (Å²) in [7, 11) is 1.33. The summed E-state index contributed by atoms with van der Waals surface area (Å²) in [6.07, 6.45) is -4.67. The predicted molar refractivity (Wildman–Crippen MR) is 108 cm³/mol. The molecule has 2 amide bonds. The molecule has 0 aliphatic heterocycles. The average molecular weight is 469 g/mol. The summed E-state index contributed by atoms with van der Waals surface area (Å²) in [5.74, 6) is -3.49. The van der Waals surface area contributed by atoms with Crippen LogP contribution in [-0.4, -0.2) is 23.8 Å². The van der Waals surface area contributed by atoms with Gasteiger partial charge in [0.25, 0.3) is 0 Å². The maximum Gasteiger partial charge on any atom is 0.416 e. The number of benzene rings is 2. The van der Waals surface area contributed by atoms with Gasteiger partial charge >= 0.3 is 6.18 Å². The molecule has 1 unspecified atom stereocenters. The second kappa shape index (κ2) is 9.43. The lowest BCUT2D eigenvalue weighted by atomic mass is 10.1. The third-order valence-electron chi connectivity index (χ3n) is 4.44. The van der Waals surface area contributed by atoms with Gasteiger partial charge in [-0.3, -0.25) is 9.59 Å². The Hall–Kier alpha value is -3.34. The van der Waals surface area contributed by atoms with Gasteiger partial charge in [-0.25, -0.2) is 13.8 Å². The molecule has 11 heteroatoms. The van der Waals surface area contributed by atoms with Gasteiger partial charge in [-0.1, -0.05) is 18.2 Å². The van der Waals surface area contributed by atoms with E-state index >= 15 is 0 Å². The van der Waals surface area contributed by atoms with Gasteiger partial charge in [0.2, 0.25) is 11.8 Å². The lowest BCUT2D eigenvalue weighted by molar-refractivity contribution is -0.137. The molecule has 1 heterocycles. The summed E-state index contributed by atoms with van der Waals surface area (Å²) in [5, 5.41) is 6.79. The van der Waals surface area contributed by atoms with Crippen molar-refractivity contribution in [2.45, 2.75) is 18.6 Å². The Morgan fingerprint density at radius 2 is 1.75 bits per heavy atom. The predicted octanol–water partition coefficient (Wildman–Crippen LogP) is 4.25. The van der Waals surface area contributed by atoms with Crippen molar-refractivity contribution in [3.63, 3.8) is 0 Å². The van der Waals surface area contributed by atoms with Gasteiger partial charge in [0, 0.05) is 18.0 Å². The first kappa shape index (κ1) is 23.3. The fraction of sp³-hybridized carbons (Fsp3) is 0.190. The smallest absolute Gasteiger partial charge is 0.357 e. The molecule has 168 valence electrons. The van der Waals surface area contributed by atoms with E-state index in [1.165, 1.54) is 25.2 Å². The van der Waals surface area contributed by atoms with Crippen LogP contribution < -0.4 is 10.6 Å². The highest BCUT2D eigenvalue weighted by atomic mass is 32.1. The number of likely N-dealkylation sites (N-methyl/N-ethyl adjacent to an activating group) is 1. The quantitative estimate of drug-likeness (QED) is 0.531. The number of nitrogens with one attached hydrogen (secondary N) is 2. The van der Waals surface area contributed by atoms with Crippen molar-refractivity contribution in [3.8, 4) is 10.6 Å². The lowest BCUT2D eigenvalue weighted by Crippen LogP contribution is -2.39. The van der Waals surface area contributed by atoms with Gasteiger partial charge in [-0.05, 0) is 29.8 Å². The molecule has 0 saturated heterocycles. The Bertz CT molecular complexity index is 1130. The number of thiazole rings is 1. The summed E-state index contributed by atoms with van der Waals surface area (Å²) in [4.78, 5) is 28.8. The van der Waals surface area contributed by atoms with E-state index in [0.29, 0.717) is 16.3 Å². The van der Waals surface area contributed by atoms with Crippen molar-refractivity contribution in [2.24, 2.45) is 0 Å². The molecule has 1 aromatic heterocycles. The molecule has 0 bridgehead atoms. The number of alkyl halides is 3. The summed E-state index contributed by atoms with van der Waals surface area (Å²) >= 11 is 1.14. The van der Waals surface area contributed by atoms with Gasteiger partial charge in [-0.15, -0.1) is 11.3 Å². The number of carbonyl (C=O) groups is 2. The van der Waals surface area contributed by atoms with Crippen molar-refractivity contribution < 1.29 is 31.5 Å². The standard InChI is InChI=1S/C21H16F5N3O2S/c1-27-19(31)18(12-4-7-15(22)16(23)8-12)29-17(30)9-14-10-32-20(28-14)11-2-5-13(6-3-11)21(24,25)26/h2-8,10,18H,9H2,1H3,(H,27,31)(H,29,30). The maximum atomic E-state index is 13.6. The first-order chi connectivity index (χ1) is 15.1. The van der Waals surface area contributed by atoms with Crippen LogP contribution in [-0.2, 0) is 22.2 Å². The molecule has 3 aromatic rings. The van der Waals surface area contributed by atoms with E-state index in [1.807, 2.05) is 0 Å². The van der Waals surface area contributed by atoms with Gasteiger partial charge in [0.1, 0.15) is 11.0 Å². The number of hydrogen-bond donors (Lipinski definition) is 2. The molecule has 2 N–H and O–H groups in total. The minimum absolute atomic E-state index is 0.0559. The van der Waals surface area contributed by atoms with Crippen LogP contribution in [0.1, 0.15) is 22.9 Å². The van der Waals surface area contributed by atoms with E-state index < -0.39 is 41.2 Å². The zero-order chi connectivity index (χ0) is 23.5. The number of amides is 2. The van der Waals surface area contributed by atoms with Gasteiger partial charge in [0.05, 0.1) is 17.7 Å². The molecule has 32 heavy (non-hydrogen) atoms. The van der Waals surface area contributed by atoms with Gasteiger partial charge in [-0.2, -0.15) is 13.2 Å². The molecule has 2 aromatic carbocycles. The van der Waals surface area contributed by atoms with Crippen LogP contribution in [0.25, 0.3) is 10.6 Å². The first-order valence-electron chi connectivity index (χ1n) is 9.16. The average Bonchev–Trinajstić information content (AvgIpc) is 3.21. The second-order valence-corrected chi connectivity index (χ2v) is 7.54. The van der Waals surface area contributed by atoms with Crippen LogP contribution in [0.15, 0.2) is 47.8 Å². The third kappa shape index (κ3) is 5.47. The van der Waals surface area contributed by atoms with Crippen LogP contribution in [0.5, 0.6) is 0 Å². The fourth-order valence-electron chi connectivity index (χ4n) is 2.84. The summed E-state index contributed by atoms with van der Waals surface area (Å²) < 4.78 is 64.8. The van der Waals surface area contributed by atoms with Crippen LogP contribution in [0.4, 0.5) is 22.0 Å². The molecule has 0 fully saturated rings. The summed E-state index contributed by atoms with van der Waals surface area (Å²) in [6.45, 7) is 0. The molecule has 1 atom stereocenters. The van der Waals surface area contributed by atoms with Crippen molar-refractivity contribution in [1.82, 2.24) is 15.6 Å².